The number of hydrogen-bond acceptors (Lipinski definition) is 2. The molecule has 1 atom stereocenters. The monoisotopic (exact) mass is 278 g/mol. The lowest BCUT2D eigenvalue weighted by molar-refractivity contribution is -0.143. The van der Waals surface area contributed by atoms with E-state index >= 15 is 0 Å². The van der Waals surface area contributed by atoms with Gasteiger partial charge in [0.05, 0.1) is 6.54 Å². The lowest BCUT2D eigenvalue weighted by atomic mass is 10.0. The molecule has 0 amide bonds. The van der Waals surface area contributed by atoms with Crippen molar-refractivity contribution in [1.29, 1.82) is 0 Å². The Balaban J connectivity index is 2.54. The average Bonchev–Trinajstić information content (AvgIpc) is 2.27. The first kappa shape index (κ1) is 15.9. The molecular weight excluding hydrogens is 260 g/mol. The zero-order valence-corrected chi connectivity index (χ0v) is 11.0. The number of nitrogens with zero attached hydrogens (tertiary/aromatic N) is 1. The van der Waals surface area contributed by atoms with Crippen molar-refractivity contribution in [3.63, 3.8) is 0 Å². The van der Waals surface area contributed by atoms with E-state index in [2.05, 4.69) is 5.32 Å². The molecule has 0 fully saturated rings. The fourth-order valence-corrected chi connectivity index (χ4v) is 1.94. The van der Waals surface area contributed by atoms with Crippen molar-refractivity contribution in [2.45, 2.75) is 18.6 Å². The number of halogens is 4. The molecule has 2 nitrogen and oxygen atoms in total. The Morgan fingerprint density at radius 3 is 2.53 bits per heavy atom. The molecule has 0 spiro atoms. The standard InChI is InChI=1S/C13H18F4N2/c1-18-12(10-4-3-5-11(14)8-10)6-7-19(2)9-13(15,16)17/h3-5,8,12,18H,6-7,9H2,1-2H3. The summed E-state index contributed by atoms with van der Waals surface area (Å²) in [7, 11) is 3.13. The SMILES string of the molecule is CNC(CCN(C)CC(F)(F)F)c1cccc(F)c1. The fourth-order valence-electron chi connectivity index (χ4n) is 1.94. The Morgan fingerprint density at radius 1 is 1.32 bits per heavy atom. The van der Waals surface area contributed by atoms with E-state index in [0.717, 1.165) is 5.56 Å². The van der Waals surface area contributed by atoms with Gasteiger partial charge in [-0.05, 0) is 44.8 Å². The second-order valence-electron chi connectivity index (χ2n) is 4.54. The summed E-state index contributed by atoms with van der Waals surface area (Å²) in [6.07, 6.45) is -3.71. The van der Waals surface area contributed by atoms with Crippen LogP contribution in [-0.4, -0.2) is 38.3 Å². The Labute approximate surface area is 110 Å². The van der Waals surface area contributed by atoms with Crippen LogP contribution in [0.3, 0.4) is 0 Å². The molecule has 0 radical (unpaired) electrons. The Hall–Kier alpha value is -1.14. The highest BCUT2D eigenvalue weighted by Gasteiger charge is 2.29. The highest BCUT2D eigenvalue weighted by molar-refractivity contribution is 5.20. The minimum absolute atomic E-state index is 0.161. The van der Waals surface area contributed by atoms with Gasteiger partial charge in [0, 0.05) is 6.04 Å². The van der Waals surface area contributed by atoms with Gasteiger partial charge >= 0.3 is 6.18 Å². The summed E-state index contributed by atoms with van der Waals surface area (Å²) < 4.78 is 49.6. The topological polar surface area (TPSA) is 15.3 Å². The number of rotatable bonds is 6. The second-order valence-corrected chi connectivity index (χ2v) is 4.54. The van der Waals surface area contributed by atoms with Gasteiger partial charge in [-0.1, -0.05) is 12.1 Å². The molecule has 0 heterocycles. The van der Waals surface area contributed by atoms with Crippen molar-refractivity contribution < 1.29 is 17.6 Å². The van der Waals surface area contributed by atoms with Crippen LogP contribution >= 0.6 is 0 Å². The van der Waals surface area contributed by atoms with E-state index in [1.54, 1.807) is 19.2 Å². The van der Waals surface area contributed by atoms with Gasteiger partial charge in [-0.3, -0.25) is 4.90 Å². The Kier molecular flexibility index (Phi) is 5.75. The van der Waals surface area contributed by atoms with Crippen LogP contribution in [0.4, 0.5) is 17.6 Å². The lowest BCUT2D eigenvalue weighted by Gasteiger charge is -2.22. The summed E-state index contributed by atoms with van der Waals surface area (Å²) in [5, 5.41) is 2.99. The van der Waals surface area contributed by atoms with E-state index in [9.17, 15) is 17.6 Å². The highest BCUT2D eigenvalue weighted by atomic mass is 19.4. The third kappa shape index (κ3) is 6.02. The average molecular weight is 278 g/mol. The summed E-state index contributed by atoms with van der Waals surface area (Å²) in [5.41, 5.74) is 0.739. The molecule has 0 aromatic heterocycles. The van der Waals surface area contributed by atoms with Crippen LogP contribution in [0.15, 0.2) is 24.3 Å². The van der Waals surface area contributed by atoms with Gasteiger partial charge in [0.15, 0.2) is 0 Å². The van der Waals surface area contributed by atoms with E-state index in [4.69, 9.17) is 0 Å². The van der Waals surface area contributed by atoms with Gasteiger partial charge in [-0.2, -0.15) is 13.2 Å². The Morgan fingerprint density at radius 2 is 2.00 bits per heavy atom. The van der Waals surface area contributed by atoms with Crippen LogP contribution in [0.5, 0.6) is 0 Å². The van der Waals surface area contributed by atoms with E-state index < -0.39 is 12.7 Å². The Bertz CT molecular complexity index is 392. The van der Waals surface area contributed by atoms with E-state index in [1.165, 1.54) is 24.1 Å². The van der Waals surface area contributed by atoms with Gasteiger partial charge in [0.1, 0.15) is 5.82 Å². The van der Waals surface area contributed by atoms with Crippen molar-refractivity contribution in [1.82, 2.24) is 10.2 Å². The molecule has 0 aliphatic carbocycles. The van der Waals surface area contributed by atoms with Gasteiger partial charge in [0.25, 0.3) is 0 Å². The zero-order chi connectivity index (χ0) is 14.5. The van der Waals surface area contributed by atoms with Crippen LogP contribution in [0.1, 0.15) is 18.0 Å². The molecule has 0 saturated carbocycles. The molecule has 0 bridgehead atoms. The van der Waals surface area contributed by atoms with Crippen LogP contribution in [0, 0.1) is 5.82 Å². The summed E-state index contributed by atoms with van der Waals surface area (Å²) in [5.74, 6) is -0.346. The summed E-state index contributed by atoms with van der Waals surface area (Å²) in [6, 6.07) is 5.92. The third-order valence-corrected chi connectivity index (χ3v) is 2.85. The number of nitrogens with one attached hydrogen (secondary N) is 1. The minimum atomic E-state index is -4.19. The summed E-state index contributed by atoms with van der Waals surface area (Å²) >= 11 is 0. The second kappa shape index (κ2) is 6.86. The van der Waals surface area contributed by atoms with Gasteiger partial charge in [0.2, 0.25) is 0 Å². The predicted molar refractivity (Wildman–Crippen MR) is 66.4 cm³/mol. The number of alkyl halides is 3. The van der Waals surface area contributed by atoms with Crippen LogP contribution in [0.25, 0.3) is 0 Å². The number of hydrogen-bond donors (Lipinski definition) is 1. The van der Waals surface area contributed by atoms with Gasteiger partial charge in [-0.15, -0.1) is 0 Å². The molecule has 0 aliphatic rings. The molecule has 0 aliphatic heterocycles. The fraction of sp³-hybridized carbons (Fsp3) is 0.538. The maximum atomic E-state index is 13.1. The van der Waals surface area contributed by atoms with Crippen molar-refractivity contribution >= 4 is 0 Å². The first-order chi connectivity index (χ1) is 8.81. The maximum Gasteiger partial charge on any atom is 0.401 e. The lowest BCUT2D eigenvalue weighted by Crippen LogP contribution is -2.33. The van der Waals surface area contributed by atoms with Crippen LogP contribution in [0.2, 0.25) is 0 Å². The van der Waals surface area contributed by atoms with Crippen LogP contribution in [-0.2, 0) is 0 Å². The quantitative estimate of drug-likeness (QED) is 0.805. The van der Waals surface area contributed by atoms with E-state index in [-0.39, 0.29) is 18.4 Å². The van der Waals surface area contributed by atoms with Crippen molar-refractivity contribution in [3.05, 3.63) is 35.6 Å². The van der Waals surface area contributed by atoms with Crippen molar-refractivity contribution in [3.8, 4) is 0 Å². The summed E-state index contributed by atoms with van der Waals surface area (Å²) in [4.78, 5) is 1.21. The molecule has 0 saturated heterocycles. The predicted octanol–water partition coefficient (Wildman–Crippen LogP) is 2.97. The molecule has 1 aromatic rings. The highest BCUT2D eigenvalue weighted by Crippen LogP contribution is 2.19. The minimum Gasteiger partial charge on any atom is -0.313 e. The van der Waals surface area contributed by atoms with Crippen LogP contribution < -0.4 is 5.32 Å². The smallest absolute Gasteiger partial charge is 0.313 e. The molecule has 1 unspecified atom stereocenters. The normalized spacial score (nSPS) is 13.8. The van der Waals surface area contributed by atoms with E-state index in [1.807, 2.05) is 0 Å². The molecule has 19 heavy (non-hydrogen) atoms. The number of benzene rings is 1. The zero-order valence-electron chi connectivity index (χ0n) is 11.0. The van der Waals surface area contributed by atoms with Gasteiger partial charge in [-0.25, -0.2) is 4.39 Å². The summed E-state index contributed by atoms with van der Waals surface area (Å²) in [6.45, 7) is -0.659. The maximum absolute atomic E-state index is 13.1. The molecule has 108 valence electrons. The molecular formula is C13H18F4N2. The molecule has 1 aromatic carbocycles. The molecule has 6 heteroatoms. The van der Waals surface area contributed by atoms with E-state index in [0.29, 0.717) is 6.42 Å². The first-order valence-corrected chi connectivity index (χ1v) is 6.00. The van der Waals surface area contributed by atoms with Gasteiger partial charge < -0.3 is 5.32 Å². The third-order valence-electron chi connectivity index (χ3n) is 2.85. The first-order valence-electron chi connectivity index (χ1n) is 6.00. The van der Waals surface area contributed by atoms with Crippen molar-refractivity contribution in [2.24, 2.45) is 0 Å². The van der Waals surface area contributed by atoms with Crippen molar-refractivity contribution in [2.75, 3.05) is 27.2 Å². The largest absolute Gasteiger partial charge is 0.401 e. The molecule has 1 N–H and O–H groups in total. The molecule has 1 rings (SSSR count).